The Balaban J connectivity index is 0.00000361. The minimum Gasteiger partial charge on any atom is -0.381 e. The van der Waals surface area contributed by atoms with Gasteiger partial charge < -0.3 is 20.5 Å². The van der Waals surface area contributed by atoms with Crippen LogP contribution in [0.4, 0.5) is 0 Å². The van der Waals surface area contributed by atoms with E-state index >= 15 is 0 Å². The fourth-order valence-electron chi connectivity index (χ4n) is 2.13. The van der Waals surface area contributed by atoms with Crippen LogP contribution in [0, 0.1) is 11.3 Å². The number of amides is 1. The van der Waals surface area contributed by atoms with E-state index in [0.717, 1.165) is 13.0 Å². The summed E-state index contributed by atoms with van der Waals surface area (Å²) in [5, 5.41) is 2.93. The van der Waals surface area contributed by atoms with E-state index in [1.165, 1.54) is 0 Å². The number of ether oxygens (including phenoxy) is 2. The zero-order valence-corrected chi connectivity index (χ0v) is 13.5. The number of nitrogens with two attached hydrogens (primary N) is 1. The lowest BCUT2D eigenvalue weighted by atomic mass is 9.79. The van der Waals surface area contributed by atoms with Gasteiger partial charge in [0.25, 0.3) is 0 Å². The van der Waals surface area contributed by atoms with Crippen molar-refractivity contribution in [2.75, 3.05) is 39.5 Å². The Morgan fingerprint density at radius 2 is 2.00 bits per heavy atom. The third kappa shape index (κ3) is 6.39. The van der Waals surface area contributed by atoms with Gasteiger partial charge in [-0.05, 0) is 25.2 Å². The van der Waals surface area contributed by atoms with Gasteiger partial charge in [-0.3, -0.25) is 4.79 Å². The van der Waals surface area contributed by atoms with Gasteiger partial charge >= 0.3 is 0 Å². The Morgan fingerprint density at radius 1 is 1.35 bits per heavy atom. The minimum atomic E-state index is -0.434. The van der Waals surface area contributed by atoms with Crippen LogP contribution in [0.25, 0.3) is 0 Å². The number of rotatable bonds is 8. The van der Waals surface area contributed by atoms with Crippen molar-refractivity contribution >= 4 is 18.3 Å². The first-order valence-corrected chi connectivity index (χ1v) is 7.24. The van der Waals surface area contributed by atoms with E-state index in [9.17, 15) is 4.79 Å². The highest BCUT2D eigenvalue weighted by atomic mass is 35.5. The Bertz CT molecular complexity index is 269. The van der Waals surface area contributed by atoms with Crippen LogP contribution in [-0.2, 0) is 14.3 Å². The van der Waals surface area contributed by atoms with Gasteiger partial charge in [-0.1, -0.05) is 13.8 Å². The molecule has 0 aromatic heterocycles. The van der Waals surface area contributed by atoms with Gasteiger partial charge in [0, 0.05) is 32.9 Å². The van der Waals surface area contributed by atoms with E-state index < -0.39 is 5.41 Å². The summed E-state index contributed by atoms with van der Waals surface area (Å²) in [7, 11) is 0. The second-order valence-corrected chi connectivity index (χ2v) is 5.65. The van der Waals surface area contributed by atoms with Gasteiger partial charge in [0.1, 0.15) is 0 Å². The molecule has 1 aliphatic rings. The van der Waals surface area contributed by atoms with Crippen LogP contribution in [0.5, 0.6) is 0 Å². The molecule has 0 aromatic rings. The van der Waals surface area contributed by atoms with Gasteiger partial charge in [-0.15, -0.1) is 12.4 Å². The first kappa shape index (κ1) is 19.6. The summed E-state index contributed by atoms with van der Waals surface area (Å²) >= 11 is 0. The summed E-state index contributed by atoms with van der Waals surface area (Å²) in [4.78, 5) is 12.2. The molecule has 1 aliphatic heterocycles. The maximum absolute atomic E-state index is 12.2. The third-order valence-electron chi connectivity index (χ3n) is 3.69. The lowest BCUT2D eigenvalue weighted by Gasteiger charge is -2.34. The topological polar surface area (TPSA) is 73.6 Å². The quantitative estimate of drug-likeness (QED) is 0.664. The molecule has 0 atom stereocenters. The molecule has 0 unspecified atom stereocenters. The molecule has 1 saturated heterocycles. The average molecular weight is 309 g/mol. The Kier molecular flexibility index (Phi) is 10.2. The number of hydrogen-bond acceptors (Lipinski definition) is 4. The van der Waals surface area contributed by atoms with E-state index in [-0.39, 0.29) is 18.3 Å². The molecule has 0 bridgehead atoms. The fraction of sp³-hybridized carbons (Fsp3) is 0.929. The molecule has 6 heteroatoms. The van der Waals surface area contributed by atoms with Gasteiger partial charge in [-0.25, -0.2) is 0 Å². The van der Waals surface area contributed by atoms with Crippen molar-refractivity contribution in [2.24, 2.45) is 17.1 Å². The molecular formula is C14H29ClN2O3. The Morgan fingerprint density at radius 3 is 2.55 bits per heavy atom. The van der Waals surface area contributed by atoms with Crippen LogP contribution in [0.2, 0.25) is 0 Å². The van der Waals surface area contributed by atoms with E-state index in [1.54, 1.807) is 0 Å². The highest BCUT2D eigenvalue weighted by molar-refractivity contribution is 5.85. The van der Waals surface area contributed by atoms with E-state index in [0.29, 0.717) is 51.7 Å². The van der Waals surface area contributed by atoms with Gasteiger partial charge in [0.05, 0.1) is 12.0 Å². The van der Waals surface area contributed by atoms with Crippen LogP contribution >= 0.6 is 12.4 Å². The molecule has 1 heterocycles. The summed E-state index contributed by atoms with van der Waals surface area (Å²) in [6.07, 6.45) is 2.48. The number of hydrogen-bond donors (Lipinski definition) is 2. The van der Waals surface area contributed by atoms with Crippen molar-refractivity contribution in [1.29, 1.82) is 0 Å². The van der Waals surface area contributed by atoms with Gasteiger partial charge in [0.15, 0.2) is 0 Å². The van der Waals surface area contributed by atoms with Crippen molar-refractivity contribution in [3.8, 4) is 0 Å². The van der Waals surface area contributed by atoms with Gasteiger partial charge in [-0.2, -0.15) is 0 Å². The summed E-state index contributed by atoms with van der Waals surface area (Å²) < 4.78 is 10.8. The molecule has 120 valence electrons. The normalized spacial score (nSPS) is 17.6. The van der Waals surface area contributed by atoms with Crippen molar-refractivity contribution in [1.82, 2.24) is 5.32 Å². The summed E-state index contributed by atoms with van der Waals surface area (Å²) in [6.45, 7) is 7.84. The molecule has 0 radical (unpaired) electrons. The smallest absolute Gasteiger partial charge is 0.227 e. The number of carbonyl (C=O) groups excluding carboxylic acids is 1. The molecule has 0 aromatic carbocycles. The summed E-state index contributed by atoms with van der Waals surface area (Å²) in [5.74, 6) is 0.697. The van der Waals surface area contributed by atoms with Crippen molar-refractivity contribution in [3.05, 3.63) is 0 Å². The lowest BCUT2D eigenvalue weighted by Crippen LogP contribution is -2.49. The second-order valence-electron chi connectivity index (χ2n) is 5.65. The number of carbonyl (C=O) groups is 1. The molecule has 20 heavy (non-hydrogen) atoms. The van der Waals surface area contributed by atoms with Crippen LogP contribution in [-0.4, -0.2) is 45.4 Å². The Hall–Kier alpha value is -0.360. The highest BCUT2D eigenvalue weighted by Crippen LogP contribution is 2.29. The third-order valence-corrected chi connectivity index (χ3v) is 3.69. The lowest BCUT2D eigenvalue weighted by molar-refractivity contribution is -0.136. The first-order valence-electron chi connectivity index (χ1n) is 7.24. The molecule has 1 rings (SSSR count). The maximum atomic E-state index is 12.2. The highest BCUT2D eigenvalue weighted by Gasteiger charge is 2.38. The van der Waals surface area contributed by atoms with Crippen molar-refractivity contribution < 1.29 is 14.3 Å². The first-order chi connectivity index (χ1) is 9.10. The SMILES string of the molecule is CC(C)CCOCCNC(=O)C1(CN)CCOCC1.Cl. The molecule has 1 amide bonds. The zero-order valence-electron chi connectivity index (χ0n) is 12.7. The van der Waals surface area contributed by atoms with Crippen LogP contribution in [0.3, 0.4) is 0 Å². The van der Waals surface area contributed by atoms with Crippen molar-refractivity contribution in [2.45, 2.75) is 33.1 Å². The van der Waals surface area contributed by atoms with E-state index in [4.69, 9.17) is 15.2 Å². The van der Waals surface area contributed by atoms with Crippen LogP contribution < -0.4 is 11.1 Å². The minimum absolute atomic E-state index is 0. The van der Waals surface area contributed by atoms with Gasteiger partial charge in [0.2, 0.25) is 5.91 Å². The molecule has 0 saturated carbocycles. The molecule has 0 aliphatic carbocycles. The fourth-order valence-corrected chi connectivity index (χ4v) is 2.13. The van der Waals surface area contributed by atoms with Crippen LogP contribution in [0.15, 0.2) is 0 Å². The second kappa shape index (κ2) is 10.4. The summed E-state index contributed by atoms with van der Waals surface area (Å²) in [6, 6.07) is 0. The molecule has 0 spiro atoms. The maximum Gasteiger partial charge on any atom is 0.227 e. The van der Waals surface area contributed by atoms with Crippen molar-refractivity contribution in [3.63, 3.8) is 0 Å². The standard InChI is InChI=1S/C14H28N2O3.ClH/c1-12(2)3-7-18-10-6-16-13(17)14(11-15)4-8-19-9-5-14;/h12H,3-11,15H2,1-2H3,(H,16,17);1H. The largest absolute Gasteiger partial charge is 0.381 e. The predicted octanol–water partition coefficient (Wildman–Crippen LogP) is 1.34. The zero-order chi connectivity index (χ0) is 14.1. The summed E-state index contributed by atoms with van der Waals surface area (Å²) in [5.41, 5.74) is 5.34. The molecular weight excluding hydrogens is 280 g/mol. The van der Waals surface area contributed by atoms with Crippen LogP contribution in [0.1, 0.15) is 33.1 Å². The monoisotopic (exact) mass is 308 g/mol. The van der Waals surface area contributed by atoms with E-state index in [1.807, 2.05) is 0 Å². The number of halogens is 1. The molecule has 1 fully saturated rings. The molecule has 3 N–H and O–H groups in total. The Labute approximate surface area is 128 Å². The predicted molar refractivity (Wildman–Crippen MR) is 82.1 cm³/mol. The average Bonchev–Trinajstić information content (AvgIpc) is 2.42. The molecule has 5 nitrogen and oxygen atoms in total. The number of nitrogens with one attached hydrogen (secondary N) is 1. The van der Waals surface area contributed by atoms with E-state index in [2.05, 4.69) is 19.2 Å².